The van der Waals surface area contributed by atoms with Crippen LogP contribution in [0.1, 0.15) is 35.3 Å². The van der Waals surface area contributed by atoms with Crippen LogP contribution in [0.15, 0.2) is 54.6 Å². The van der Waals surface area contributed by atoms with Gasteiger partial charge in [-0.25, -0.2) is 4.79 Å². The van der Waals surface area contributed by atoms with Crippen LogP contribution in [-0.4, -0.2) is 45.8 Å². The van der Waals surface area contributed by atoms with E-state index in [1.807, 2.05) is 54.3 Å². The summed E-state index contributed by atoms with van der Waals surface area (Å²) in [5, 5.41) is 18.4. The molecule has 0 spiro atoms. The van der Waals surface area contributed by atoms with Crippen molar-refractivity contribution in [2.45, 2.75) is 19.3 Å². The van der Waals surface area contributed by atoms with Crippen LogP contribution in [0.4, 0.5) is 5.82 Å². The maximum Gasteiger partial charge on any atom is 0.360 e. The highest BCUT2D eigenvalue weighted by atomic mass is 16.5. The molecule has 1 atom stereocenters. The van der Waals surface area contributed by atoms with E-state index in [2.05, 4.69) is 22.3 Å². The van der Waals surface area contributed by atoms with Crippen LogP contribution < -0.4 is 9.64 Å². The summed E-state index contributed by atoms with van der Waals surface area (Å²) in [4.78, 5) is 15.2. The summed E-state index contributed by atoms with van der Waals surface area (Å²) in [5.41, 5.74) is 1.84. The Bertz CT molecular complexity index is 971. The molecule has 0 amide bonds. The van der Waals surface area contributed by atoms with Crippen molar-refractivity contribution >= 4 is 11.8 Å². The number of benzene rings is 2. The number of ether oxygens (including phenoxy) is 1. The Morgan fingerprint density at radius 3 is 2.64 bits per heavy atom. The van der Waals surface area contributed by atoms with Crippen molar-refractivity contribution in [2.75, 3.05) is 24.6 Å². The van der Waals surface area contributed by atoms with Crippen LogP contribution in [0.2, 0.25) is 0 Å². The molecule has 1 aliphatic heterocycles. The van der Waals surface area contributed by atoms with Gasteiger partial charge < -0.3 is 14.7 Å². The molecule has 1 aromatic heterocycles. The fourth-order valence-corrected chi connectivity index (χ4v) is 3.61. The zero-order chi connectivity index (χ0) is 19.5. The van der Waals surface area contributed by atoms with E-state index in [4.69, 9.17) is 4.74 Å². The number of carboxylic acid groups (broad SMARTS) is 1. The van der Waals surface area contributed by atoms with E-state index in [0.29, 0.717) is 29.8 Å². The lowest BCUT2D eigenvalue weighted by Crippen LogP contribution is -2.22. The van der Waals surface area contributed by atoms with Crippen molar-refractivity contribution < 1.29 is 14.6 Å². The minimum atomic E-state index is -1.08. The zero-order valence-electron chi connectivity index (χ0n) is 15.7. The van der Waals surface area contributed by atoms with Gasteiger partial charge in [-0.1, -0.05) is 42.5 Å². The van der Waals surface area contributed by atoms with E-state index >= 15 is 0 Å². The maximum absolute atomic E-state index is 11.8. The minimum absolute atomic E-state index is 0.0417. The molecule has 3 aromatic rings. The van der Waals surface area contributed by atoms with Crippen molar-refractivity contribution in [3.05, 3.63) is 65.9 Å². The molecule has 0 radical (unpaired) electrons. The second-order valence-electron chi connectivity index (χ2n) is 6.71. The predicted molar refractivity (Wildman–Crippen MR) is 106 cm³/mol. The second-order valence-corrected chi connectivity index (χ2v) is 6.71. The summed E-state index contributed by atoms with van der Waals surface area (Å²) in [6.07, 6.45) is 0.950. The van der Waals surface area contributed by atoms with Crippen molar-refractivity contribution in [1.82, 2.24) is 15.0 Å². The lowest BCUT2D eigenvalue weighted by Gasteiger charge is -2.16. The quantitative estimate of drug-likeness (QED) is 0.708. The summed E-state index contributed by atoms with van der Waals surface area (Å²) >= 11 is 0. The minimum Gasteiger partial charge on any atom is -0.492 e. The molecule has 7 nitrogen and oxygen atoms in total. The Labute approximate surface area is 163 Å². The lowest BCUT2D eigenvalue weighted by atomic mass is 9.99. The molecule has 0 bridgehead atoms. The van der Waals surface area contributed by atoms with E-state index in [1.165, 1.54) is 10.4 Å². The number of para-hydroxylation sites is 2. The van der Waals surface area contributed by atoms with E-state index in [9.17, 15) is 9.90 Å². The molecule has 4 rings (SSSR count). The van der Waals surface area contributed by atoms with Gasteiger partial charge in [-0.15, -0.1) is 15.0 Å². The first-order valence-electron chi connectivity index (χ1n) is 9.40. The number of carboxylic acids is 1. The number of anilines is 1. The Balaban J connectivity index is 1.66. The highest BCUT2D eigenvalue weighted by molar-refractivity contribution is 5.91. The standard InChI is InChI=1S/C21H22N4O3/c1-2-28-18-11-7-6-10-17(18)25-22-19(21(26)27)20(23-25)24-13-12-16(14-24)15-8-4-3-5-9-15/h3-11,16H,2,12-14H2,1H3,(H,26,27). The van der Waals surface area contributed by atoms with E-state index in [-0.39, 0.29) is 5.69 Å². The van der Waals surface area contributed by atoms with Gasteiger partial charge in [-0.2, -0.15) is 0 Å². The van der Waals surface area contributed by atoms with Crippen LogP contribution >= 0.6 is 0 Å². The molecule has 144 valence electrons. The fourth-order valence-electron chi connectivity index (χ4n) is 3.61. The van der Waals surface area contributed by atoms with Gasteiger partial charge in [-0.05, 0) is 31.0 Å². The highest BCUT2D eigenvalue weighted by Gasteiger charge is 2.30. The monoisotopic (exact) mass is 378 g/mol. The largest absolute Gasteiger partial charge is 0.492 e. The molecule has 1 saturated heterocycles. The Morgan fingerprint density at radius 2 is 1.89 bits per heavy atom. The van der Waals surface area contributed by atoms with Crippen LogP contribution in [0.5, 0.6) is 5.75 Å². The first kappa shape index (κ1) is 18.0. The number of nitrogens with zero attached hydrogens (tertiary/aromatic N) is 4. The third-order valence-electron chi connectivity index (χ3n) is 4.94. The van der Waals surface area contributed by atoms with Crippen LogP contribution in [-0.2, 0) is 0 Å². The van der Waals surface area contributed by atoms with Crippen LogP contribution in [0, 0.1) is 0 Å². The molecule has 7 heteroatoms. The molecule has 0 saturated carbocycles. The van der Waals surface area contributed by atoms with Gasteiger partial charge >= 0.3 is 5.97 Å². The average molecular weight is 378 g/mol. The van der Waals surface area contributed by atoms with E-state index < -0.39 is 5.97 Å². The molecular weight excluding hydrogens is 356 g/mol. The number of hydrogen-bond acceptors (Lipinski definition) is 5. The second kappa shape index (κ2) is 7.72. The zero-order valence-corrected chi connectivity index (χ0v) is 15.7. The van der Waals surface area contributed by atoms with Gasteiger partial charge in [-0.3, -0.25) is 0 Å². The van der Waals surface area contributed by atoms with Crippen molar-refractivity contribution in [2.24, 2.45) is 0 Å². The lowest BCUT2D eigenvalue weighted by molar-refractivity contribution is 0.0690. The summed E-state index contributed by atoms with van der Waals surface area (Å²) in [6, 6.07) is 17.6. The molecule has 2 aromatic carbocycles. The van der Waals surface area contributed by atoms with E-state index in [1.54, 1.807) is 0 Å². The smallest absolute Gasteiger partial charge is 0.360 e. The molecule has 2 heterocycles. The predicted octanol–water partition coefficient (Wildman–Crippen LogP) is 3.36. The number of aromatic carboxylic acids is 1. The van der Waals surface area contributed by atoms with Gasteiger partial charge in [0.05, 0.1) is 6.61 Å². The normalized spacial score (nSPS) is 16.3. The summed E-state index contributed by atoms with van der Waals surface area (Å²) < 4.78 is 5.64. The first-order chi connectivity index (χ1) is 13.7. The van der Waals surface area contributed by atoms with Gasteiger partial charge in [0.25, 0.3) is 0 Å². The van der Waals surface area contributed by atoms with E-state index in [0.717, 1.165) is 19.5 Å². The van der Waals surface area contributed by atoms with Crippen molar-refractivity contribution in [1.29, 1.82) is 0 Å². The SMILES string of the molecule is CCOc1ccccc1-n1nc(C(=O)O)c(N2CCC(c3ccccc3)C2)n1. The highest BCUT2D eigenvalue weighted by Crippen LogP contribution is 2.32. The molecule has 0 aliphatic carbocycles. The van der Waals surface area contributed by atoms with Gasteiger partial charge in [0.2, 0.25) is 5.69 Å². The van der Waals surface area contributed by atoms with Gasteiger partial charge in [0, 0.05) is 19.0 Å². The molecular formula is C21H22N4O3. The van der Waals surface area contributed by atoms with Crippen LogP contribution in [0.25, 0.3) is 5.69 Å². The maximum atomic E-state index is 11.8. The Hall–Kier alpha value is -3.35. The van der Waals surface area contributed by atoms with Crippen LogP contribution in [0.3, 0.4) is 0 Å². The summed E-state index contributed by atoms with van der Waals surface area (Å²) in [7, 11) is 0. The van der Waals surface area contributed by atoms with Crippen molar-refractivity contribution in [3.8, 4) is 11.4 Å². The van der Waals surface area contributed by atoms with Gasteiger partial charge in [0.1, 0.15) is 11.4 Å². The summed E-state index contributed by atoms with van der Waals surface area (Å²) in [6.45, 7) is 3.86. The number of rotatable bonds is 6. The third-order valence-corrected chi connectivity index (χ3v) is 4.94. The Kier molecular flexibility index (Phi) is 4.97. The Morgan fingerprint density at radius 1 is 1.14 bits per heavy atom. The van der Waals surface area contributed by atoms with Crippen molar-refractivity contribution in [3.63, 3.8) is 0 Å². The fraction of sp³-hybridized carbons (Fsp3) is 0.286. The average Bonchev–Trinajstić information content (AvgIpc) is 3.37. The molecule has 1 unspecified atom stereocenters. The number of aromatic nitrogens is 3. The number of hydrogen-bond donors (Lipinski definition) is 1. The number of carbonyl (C=O) groups is 1. The first-order valence-corrected chi connectivity index (χ1v) is 9.40. The van der Waals surface area contributed by atoms with Gasteiger partial charge in [0.15, 0.2) is 5.82 Å². The topological polar surface area (TPSA) is 80.5 Å². The third kappa shape index (κ3) is 3.43. The molecule has 1 fully saturated rings. The summed E-state index contributed by atoms with van der Waals surface area (Å²) in [5.74, 6) is 0.284. The molecule has 28 heavy (non-hydrogen) atoms. The molecule has 1 aliphatic rings. The molecule has 1 N–H and O–H groups in total.